The van der Waals surface area contributed by atoms with E-state index in [0.29, 0.717) is 6.54 Å². The molecule has 96 valence electrons. The molecule has 4 heteroatoms. The molecule has 0 unspecified atom stereocenters. The summed E-state index contributed by atoms with van der Waals surface area (Å²) in [6.07, 6.45) is 0.815. The Labute approximate surface area is 107 Å². The molecule has 0 bridgehead atoms. The van der Waals surface area contributed by atoms with Crippen molar-refractivity contribution in [3.63, 3.8) is 0 Å². The lowest BCUT2D eigenvalue weighted by Gasteiger charge is -2.05. The topological polar surface area (TPSA) is 53.1 Å². The summed E-state index contributed by atoms with van der Waals surface area (Å²) in [4.78, 5) is 0. The van der Waals surface area contributed by atoms with E-state index >= 15 is 0 Å². The van der Waals surface area contributed by atoms with E-state index in [1.165, 1.54) is 5.56 Å². The molecule has 18 heavy (non-hydrogen) atoms. The van der Waals surface area contributed by atoms with Gasteiger partial charge in [-0.15, -0.1) is 0 Å². The van der Waals surface area contributed by atoms with Gasteiger partial charge in [0.2, 0.25) is 0 Å². The van der Waals surface area contributed by atoms with Crippen molar-refractivity contribution < 1.29 is 4.74 Å². The third-order valence-corrected chi connectivity index (χ3v) is 3.13. The number of nitrogens with two attached hydrogens (primary N) is 1. The fourth-order valence-corrected chi connectivity index (χ4v) is 2.21. The van der Waals surface area contributed by atoms with Crippen molar-refractivity contribution in [1.29, 1.82) is 0 Å². The Morgan fingerprint density at radius 1 is 1.28 bits per heavy atom. The predicted octanol–water partition coefficient (Wildman–Crippen LogP) is 1.91. The monoisotopic (exact) mass is 245 g/mol. The van der Waals surface area contributed by atoms with Gasteiger partial charge in [-0.3, -0.25) is 4.68 Å². The average molecular weight is 245 g/mol. The van der Waals surface area contributed by atoms with Crippen LogP contribution in [0.25, 0.3) is 11.3 Å². The molecular formula is C14H19N3O. The van der Waals surface area contributed by atoms with Crippen LogP contribution in [-0.2, 0) is 13.5 Å². The van der Waals surface area contributed by atoms with Crippen LogP contribution >= 0.6 is 0 Å². The summed E-state index contributed by atoms with van der Waals surface area (Å²) in [5.74, 6) is 0.862. The molecule has 1 aromatic carbocycles. The van der Waals surface area contributed by atoms with Crippen LogP contribution in [0.2, 0.25) is 0 Å². The van der Waals surface area contributed by atoms with Gasteiger partial charge in [-0.25, -0.2) is 0 Å². The van der Waals surface area contributed by atoms with Crippen molar-refractivity contribution in [3.8, 4) is 17.0 Å². The molecule has 0 aliphatic rings. The molecule has 1 heterocycles. The van der Waals surface area contributed by atoms with Gasteiger partial charge in [-0.1, -0.05) is 0 Å². The van der Waals surface area contributed by atoms with Crippen molar-refractivity contribution in [2.75, 3.05) is 13.7 Å². The number of aryl methyl sites for hydroxylation is 1. The highest BCUT2D eigenvalue weighted by atomic mass is 16.5. The first-order valence-corrected chi connectivity index (χ1v) is 6.04. The summed E-state index contributed by atoms with van der Waals surface area (Å²) in [6.45, 7) is 2.72. The van der Waals surface area contributed by atoms with Crippen LogP contribution in [0.5, 0.6) is 5.75 Å². The van der Waals surface area contributed by atoms with Gasteiger partial charge in [0, 0.05) is 19.0 Å². The molecule has 0 saturated carbocycles. The van der Waals surface area contributed by atoms with E-state index in [-0.39, 0.29) is 0 Å². The zero-order valence-corrected chi connectivity index (χ0v) is 11.1. The quantitative estimate of drug-likeness (QED) is 0.895. The number of rotatable bonds is 4. The maximum atomic E-state index is 5.60. The molecular weight excluding hydrogens is 226 g/mol. The highest BCUT2D eigenvalue weighted by Crippen LogP contribution is 2.27. The van der Waals surface area contributed by atoms with E-state index < -0.39 is 0 Å². The predicted molar refractivity (Wildman–Crippen MR) is 72.7 cm³/mol. The number of aromatic nitrogens is 2. The normalized spacial score (nSPS) is 10.7. The molecule has 0 aliphatic carbocycles. The third-order valence-electron chi connectivity index (χ3n) is 3.13. The summed E-state index contributed by atoms with van der Waals surface area (Å²) in [5, 5.41) is 4.52. The first-order valence-electron chi connectivity index (χ1n) is 6.04. The van der Waals surface area contributed by atoms with Gasteiger partial charge < -0.3 is 10.5 Å². The molecule has 0 aliphatic heterocycles. The van der Waals surface area contributed by atoms with Gasteiger partial charge in [-0.05, 0) is 43.3 Å². The van der Waals surface area contributed by atoms with E-state index in [4.69, 9.17) is 10.5 Å². The van der Waals surface area contributed by atoms with Crippen LogP contribution in [0.15, 0.2) is 24.3 Å². The van der Waals surface area contributed by atoms with Crippen molar-refractivity contribution in [1.82, 2.24) is 9.78 Å². The van der Waals surface area contributed by atoms with Crippen LogP contribution in [0.1, 0.15) is 11.3 Å². The van der Waals surface area contributed by atoms with Crippen molar-refractivity contribution in [2.45, 2.75) is 13.3 Å². The Bertz CT molecular complexity index is 529. The molecule has 0 radical (unpaired) electrons. The molecule has 0 fully saturated rings. The smallest absolute Gasteiger partial charge is 0.118 e. The number of hydrogen-bond acceptors (Lipinski definition) is 3. The first kappa shape index (κ1) is 12.6. The number of methoxy groups -OCH3 is 1. The maximum Gasteiger partial charge on any atom is 0.118 e. The van der Waals surface area contributed by atoms with Crippen molar-refractivity contribution in [3.05, 3.63) is 35.5 Å². The minimum Gasteiger partial charge on any atom is -0.497 e. The van der Waals surface area contributed by atoms with E-state index in [2.05, 4.69) is 24.2 Å². The van der Waals surface area contributed by atoms with Gasteiger partial charge in [0.1, 0.15) is 5.75 Å². The SMILES string of the molecule is COc1ccc(-c2c(C)c(CCN)nn2C)cc1. The van der Waals surface area contributed by atoms with E-state index in [1.807, 2.05) is 23.9 Å². The minimum absolute atomic E-state index is 0.625. The molecule has 0 spiro atoms. The Morgan fingerprint density at radius 3 is 2.50 bits per heavy atom. The van der Waals surface area contributed by atoms with E-state index in [0.717, 1.165) is 29.1 Å². The molecule has 0 atom stereocenters. The number of nitrogens with zero attached hydrogens (tertiary/aromatic N) is 2. The summed E-state index contributed by atoms with van der Waals surface area (Å²) >= 11 is 0. The second kappa shape index (κ2) is 5.23. The van der Waals surface area contributed by atoms with E-state index in [1.54, 1.807) is 7.11 Å². The number of ether oxygens (including phenoxy) is 1. The Morgan fingerprint density at radius 2 is 1.94 bits per heavy atom. The molecule has 2 N–H and O–H groups in total. The Hall–Kier alpha value is -1.81. The lowest BCUT2D eigenvalue weighted by Crippen LogP contribution is -2.04. The van der Waals surface area contributed by atoms with Crippen LogP contribution in [0.4, 0.5) is 0 Å². The maximum absolute atomic E-state index is 5.60. The average Bonchev–Trinajstić information content (AvgIpc) is 2.65. The largest absolute Gasteiger partial charge is 0.497 e. The van der Waals surface area contributed by atoms with E-state index in [9.17, 15) is 0 Å². The summed E-state index contributed by atoms with van der Waals surface area (Å²) in [7, 11) is 3.64. The zero-order valence-electron chi connectivity index (χ0n) is 11.1. The van der Waals surface area contributed by atoms with Gasteiger partial charge in [-0.2, -0.15) is 5.10 Å². The van der Waals surface area contributed by atoms with Crippen LogP contribution in [-0.4, -0.2) is 23.4 Å². The third kappa shape index (κ3) is 2.24. The number of benzene rings is 1. The lowest BCUT2D eigenvalue weighted by molar-refractivity contribution is 0.415. The highest BCUT2D eigenvalue weighted by molar-refractivity contribution is 5.65. The Balaban J connectivity index is 2.43. The molecule has 4 nitrogen and oxygen atoms in total. The van der Waals surface area contributed by atoms with Gasteiger partial charge in [0.15, 0.2) is 0 Å². The lowest BCUT2D eigenvalue weighted by atomic mass is 10.1. The number of hydrogen-bond donors (Lipinski definition) is 1. The second-order valence-electron chi connectivity index (χ2n) is 4.31. The van der Waals surface area contributed by atoms with Gasteiger partial charge in [0.05, 0.1) is 18.5 Å². The Kier molecular flexibility index (Phi) is 3.67. The highest BCUT2D eigenvalue weighted by Gasteiger charge is 2.13. The standard InChI is InChI=1S/C14H19N3O/c1-10-13(8-9-15)16-17(2)14(10)11-4-6-12(18-3)7-5-11/h4-7H,8-9,15H2,1-3H3. The van der Waals surface area contributed by atoms with Crippen molar-refractivity contribution in [2.24, 2.45) is 12.8 Å². The van der Waals surface area contributed by atoms with Crippen LogP contribution in [0.3, 0.4) is 0 Å². The molecule has 0 amide bonds. The molecule has 2 rings (SSSR count). The second-order valence-corrected chi connectivity index (χ2v) is 4.31. The first-order chi connectivity index (χ1) is 8.67. The summed E-state index contributed by atoms with van der Waals surface area (Å²) in [6, 6.07) is 8.03. The minimum atomic E-state index is 0.625. The van der Waals surface area contributed by atoms with Crippen molar-refractivity contribution >= 4 is 0 Å². The molecule has 0 saturated heterocycles. The van der Waals surface area contributed by atoms with Crippen LogP contribution < -0.4 is 10.5 Å². The summed E-state index contributed by atoms with van der Waals surface area (Å²) in [5.41, 5.74) is 10.2. The van der Waals surface area contributed by atoms with Gasteiger partial charge in [0.25, 0.3) is 0 Å². The molecule has 1 aromatic heterocycles. The fraction of sp³-hybridized carbons (Fsp3) is 0.357. The van der Waals surface area contributed by atoms with Crippen LogP contribution in [0, 0.1) is 6.92 Å². The van der Waals surface area contributed by atoms with Gasteiger partial charge >= 0.3 is 0 Å². The zero-order chi connectivity index (χ0) is 13.1. The fourth-order valence-electron chi connectivity index (χ4n) is 2.21. The summed E-state index contributed by atoms with van der Waals surface area (Å²) < 4.78 is 7.09. The molecule has 2 aromatic rings.